The molecule has 1 fully saturated rings. The molecule has 6 heteroatoms. The summed E-state index contributed by atoms with van der Waals surface area (Å²) in [5.41, 5.74) is 1.89. The van der Waals surface area contributed by atoms with Gasteiger partial charge in [0.2, 0.25) is 0 Å². The van der Waals surface area contributed by atoms with Crippen molar-refractivity contribution in [3.05, 3.63) is 144 Å². The van der Waals surface area contributed by atoms with Crippen LogP contribution in [-0.2, 0) is 25.2 Å². The molecule has 1 aliphatic heterocycles. The molecular formula is C33H37BN2O3. The van der Waals surface area contributed by atoms with Crippen LogP contribution in [0.15, 0.2) is 121 Å². The number of hydrogen-bond acceptors (Lipinski definition) is 5. The zero-order valence-electron chi connectivity index (χ0n) is 23.2. The van der Waals surface area contributed by atoms with E-state index in [9.17, 15) is 0 Å². The minimum atomic E-state index is -1.04. The lowest BCUT2D eigenvalue weighted by Gasteiger charge is -2.45. The van der Waals surface area contributed by atoms with Crippen LogP contribution in [0.3, 0.4) is 0 Å². The maximum absolute atomic E-state index is 7.16. The van der Waals surface area contributed by atoms with Gasteiger partial charge >= 0.3 is 7.32 Å². The van der Waals surface area contributed by atoms with E-state index in [0.717, 1.165) is 35.3 Å². The van der Waals surface area contributed by atoms with Crippen molar-refractivity contribution in [1.29, 1.82) is 0 Å². The Bertz CT molecular complexity index is 1120. The van der Waals surface area contributed by atoms with E-state index in [1.165, 1.54) is 0 Å². The molecule has 4 aromatic rings. The van der Waals surface area contributed by atoms with Crippen LogP contribution in [0, 0.1) is 0 Å². The number of likely N-dealkylation sites (N-methyl/N-ethyl adjacent to an activating group) is 2. The predicted octanol–water partition coefficient (Wildman–Crippen LogP) is 5.41. The zero-order chi connectivity index (χ0) is 27.3. The van der Waals surface area contributed by atoms with Crippen LogP contribution in [0.5, 0.6) is 0 Å². The lowest BCUT2D eigenvalue weighted by Crippen LogP contribution is -2.48. The third-order valence-electron chi connectivity index (χ3n) is 7.20. The minimum absolute atomic E-state index is 0.133. The summed E-state index contributed by atoms with van der Waals surface area (Å²) < 4.78 is 21.0. The molecule has 1 aliphatic rings. The Morgan fingerprint density at radius 2 is 0.821 bits per heavy atom. The quantitative estimate of drug-likeness (QED) is 0.261. The SMILES string of the molecule is CN(C)CC(CN(C)C)OB1OC(c2ccccc2)(c2ccccc2)C(c2ccccc2)(c2ccccc2)O1. The maximum atomic E-state index is 7.16. The van der Waals surface area contributed by atoms with Crippen LogP contribution in [0.4, 0.5) is 0 Å². The molecule has 0 aliphatic carbocycles. The molecule has 5 nitrogen and oxygen atoms in total. The molecule has 39 heavy (non-hydrogen) atoms. The first-order valence-electron chi connectivity index (χ1n) is 13.5. The van der Waals surface area contributed by atoms with Crippen molar-refractivity contribution in [1.82, 2.24) is 9.80 Å². The predicted molar refractivity (Wildman–Crippen MR) is 157 cm³/mol. The van der Waals surface area contributed by atoms with Gasteiger partial charge in [-0.1, -0.05) is 121 Å². The highest BCUT2D eigenvalue weighted by Gasteiger charge is 2.67. The lowest BCUT2D eigenvalue weighted by atomic mass is 9.66. The molecule has 0 amide bonds. The van der Waals surface area contributed by atoms with Gasteiger partial charge in [0.25, 0.3) is 0 Å². The Hall–Kier alpha value is -3.26. The second-order valence-corrected chi connectivity index (χ2v) is 10.6. The van der Waals surface area contributed by atoms with E-state index in [2.05, 4.69) is 135 Å². The summed E-state index contributed by atoms with van der Waals surface area (Å²) in [5.74, 6) is 0. The maximum Gasteiger partial charge on any atom is 0.641 e. The monoisotopic (exact) mass is 520 g/mol. The van der Waals surface area contributed by atoms with Gasteiger partial charge in [0.15, 0.2) is 0 Å². The molecule has 1 saturated heterocycles. The highest BCUT2D eigenvalue weighted by Crippen LogP contribution is 2.58. The average molecular weight is 520 g/mol. The summed E-state index contributed by atoms with van der Waals surface area (Å²) in [7, 11) is 7.30. The van der Waals surface area contributed by atoms with Gasteiger partial charge in [-0.05, 0) is 50.4 Å². The van der Waals surface area contributed by atoms with Crippen molar-refractivity contribution in [2.75, 3.05) is 41.3 Å². The summed E-state index contributed by atoms with van der Waals surface area (Å²) in [6.45, 7) is 1.46. The second-order valence-electron chi connectivity index (χ2n) is 10.6. The molecule has 1 heterocycles. The largest absolute Gasteiger partial charge is 0.641 e. The van der Waals surface area contributed by atoms with Crippen molar-refractivity contribution in [3.8, 4) is 0 Å². The van der Waals surface area contributed by atoms with Crippen LogP contribution >= 0.6 is 0 Å². The van der Waals surface area contributed by atoms with Crippen molar-refractivity contribution in [2.24, 2.45) is 0 Å². The fourth-order valence-electron chi connectivity index (χ4n) is 5.76. The summed E-state index contributed by atoms with van der Waals surface area (Å²) in [4.78, 5) is 4.26. The topological polar surface area (TPSA) is 34.2 Å². The van der Waals surface area contributed by atoms with Gasteiger partial charge in [0.05, 0.1) is 6.10 Å². The first kappa shape index (κ1) is 27.3. The third kappa shape index (κ3) is 5.31. The Labute approximate surface area is 233 Å². The highest BCUT2D eigenvalue weighted by atomic mass is 16.8. The van der Waals surface area contributed by atoms with Crippen molar-refractivity contribution in [2.45, 2.75) is 17.3 Å². The Morgan fingerprint density at radius 3 is 1.08 bits per heavy atom. The van der Waals surface area contributed by atoms with E-state index in [0.29, 0.717) is 0 Å². The van der Waals surface area contributed by atoms with Gasteiger partial charge < -0.3 is 23.8 Å². The fraction of sp³-hybridized carbons (Fsp3) is 0.273. The molecule has 5 rings (SSSR count). The van der Waals surface area contributed by atoms with Gasteiger partial charge in [0, 0.05) is 13.1 Å². The van der Waals surface area contributed by atoms with Crippen LogP contribution < -0.4 is 0 Å². The molecule has 0 radical (unpaired) electrons. The molecule has 4 aromatic carbocycles. The standard InChI is InChI=1S/C33H37BN2O3/c1-35(2)25-31(26-36(3)4)37-34-38-32(27-17-9-5-10-18-27,28-19-11-6-12-20-28)33(39-34,29-21-13-7-14-22-29)30-23-15-8-16-24-30/h5-24,31H,25-26H2,1-4H3. The molecule has 0 unspecified atom stereocenters. The van der Waals surface area contributed by atoms with Gasteiger partial charge in [-0.2, -0.15) is 0 Å². The van der Waals surface area contributed by atoms with E-state index >= 15 is 0 Å². The zero-order valence-corrected chi connectivity index (χ0v) is 23.2. The van der Waals surface area contributed by atoms with Crippen LogP contribution in [0.1, 0.15) is 22.3 Å². The average Bonchev–Trinajstić information content (AvgIpc) is 3.31. The smallest absolute Gasteiger partial charge is 0.380 e. The Kier molecular flexibility index (Phi) is 8.31. The lowest BCUT2D eigenvalue weighted by molar-refractivity contribution is 0.00370. The number of nitrogens with zero attached hydrogens (tertiary/aromatic N) is 2. The fourth-order valence-corrected chi connectivity index (χ4v) is 5.76. The van der Waals surface area contributed by atoms with E-state index in [4.69, 9.17) is 14.0 Å². The number of hydrogen-bond donors (Lipinski definition) is 0. The molecule has 0 aromatic heterocycles. The summed E-state index contributed by atoms with van der Waals surface area (Å²) >= 11 is 0. The van der Waals surface area contributed by atoms with Crippen LogP contribution in [0.2, 0.25) is 0 Å². The van der Waals surface area contributed by atoms with Gasteiger partial charge in [-0.25, -0.2) is 0 Å². The van der Waals surface area contributed by atoms with E-state index in [-0.39, 0.29) is 6.10 Å². The van der Waals surface area contributed by atoms with Gasteiger partial charge in [-0.15, -0.1) is 0 Å². The molecule has 0 atom stereocenters. The highest BCUT2D eigenvalue weighted by molar-refractivity contribution is 6.38. The third-order valence-corrected chi connectivity index (χ3v) is 7.20. The first-order chi connectivity index (χ1) is 19.0. The van der Waals surface area contributed by atoms with Crippen LogP contribution in [0.25, 0.3) is 0 Å². The minimum Gasteiger partial charge on any atom is -0.380 e. The van der Waals surface area contributed by atoms with Gasteiger partial charge in [0.1, 0.15) is 11.2 Å². The first-order valence-corrected chi connectivity index (χ1v) is 13.5. The summed E-state index contributed by atoms with van der Waals surface area (Å²) in [6.07, 6.45) is -0.133. The molecular weight excluding hydrogens is 483 g/mol. The summed E-state index contributed by atoms with van der Waals surface area (Å²) in [5, 5.41) is 0. The number of rotatable bonds is 10. The Balaban J connectivity index is 1.77. The van der Waals surface area contributed by atoms with Crippen molar-refractivity contribution >= 4 is 7.32 Å². The Morgan fingerprint density at radius 1 is 0.538 bits per heavy atom. The number of benzene rings is 4. The summed E-state index contributed by atoms with van der Waals surface area (Å²) in [6, 6.07) is 41.5. The normalized spacial score (nSPS) is 16.3. The van der Waals surface area contributed by atoms with Gasteiger partial charge in [-0.3, -0.25) is 0 Å². The molecule has 200 valence electrons. The van der Waals surface area contributed by atoms with Crippen molar-refractivity contribution in [3.63, 3.8) is 0 Å². The second kappa shape index (κ2) is 11.9. The van der Waals surface area contributed by atoms with Crippen LogP contribution in [-0.4, -0.2) is 64.5 Å². The molecule has 0 spiro atoms. The molecule has 0 saturated carbocycles. The van der Waals surface area contributed by atoms with E-state index in [1.54, 1.807) is 0 Å². The molecule has 0 N–H and O–H groups in total. The van der Waals surface area contributed by atoms with Crippen molar-refractivity contribution < 1.29 is 14.0 Å². The molecule has 0 bridgehead atoms. The van der Waals surface area contributed by atoms with E-state index < -0.39 is 18.5 Å². The van der Waals surface area contributed by atoms with E-state index in [1.807, 2.05) is 24.3 Å².